The van der Waals surface area contributed by atoms with E-state index in [4.69, 9.17) is 16.0 Å². The van der Waals surface area contributed by atoms with Crippen molar-refractivity contribution in [3.8, 4) is 0 Å². The highest BCUT2D eigenvalue weighted by Crippen LogP contribution is 2.27. The van der Waals surface area contributed by atoms with Gasteiger partial charge in [0.25, 0.3) is 0 Å². The van der Waals surface area contributed by atoms with Gasteiger partial charge in [-0.25, -0.2) is 0 Å². The number of rotatable bonds is 9. The zero-order valence-corrected chi connectivity index (χ0v) is 11.3. The molecule has 1 aromatic rings. The Bertz CT molecular complexity index is 322. The molecule has 1 atom stereocenters. The maximum atomic E-state index is 6.01. The Kier molecular flexibility index (Phi) is 7.06. The smallest absolute Gasteiger partial charge is 0.197 e. The molecule has 0 aliphatic heterocycles. The van der Waals surface area contributed by atoms with Crippen molar-refractivity contribution in [1.82, 2.24) is 5.32 Å². The summed E-state index contributed by atoms with van der Waals surface area (Å²) in [5.74, 6) is 0. The molecular formula is C14H22ClNO. The molecule has 0 bridgehead atoms. The van der Waals surface area contributed by atoms with E-state index in [-0.39, 0.29) is 0 Å². The number of hydrogen-bond donors (Lipinski definition) is 1. The lowest BCUT2D eigenvalue weighted by atomic mass is 10.0. The molecule has 1 rings (SSSR count). The molecule has 1 unspecified atom stereocenters. The van der Waals surface area contributed by atoms with Crippen LogP contribution in [0.5, 0.6) is 0 Å². The van der Waals surface area contributed by atoms with Gasteiger partial charge >= 0.3 is 0 Å². The Morgan fingerprint density at radius 2 is 2.29 bits per heavy atom. The van der Waals surface area contributed by atoms with Crippen LogP contribution in [0.25, 0.3) is 0 Å². The quantitative estimate of drug-likeness (QED) is 0.510. The van der Waals surface area contributed by atoms with Crippen LogP contribution in [0.4, 0.5) is 0 Å². The first-order chi connectivity index (χ1) is 8.29. The van der Waals surface area contributed by atoms with E-state index in [9.17, 15) is 0 Å². The Hall–Kier alpha value is -0.730. The van der Waals surface area contributed by atoms with Crippen LogP contribution in [-0.2, 0) is 0 Å². The van der Waals surface area contributed by atoms with Crippen LogP contribution in [0.3, 0.4) is 0 Å². The standard InChI is InChI=1S/C14H22ClNO/c1-3-5-6-7-8-9-13(16-4-2)12-10-11-17-14(12)15/h3,10-11,13,16H,1,4-9H2,2H3. The first-order valence-corrected chi connectivity index (χ1v) is 6.74. The summed E-state index contributed by atoms with van der Waals surface area (Å²) in [6.45, 7) is 6.79. The molecule has 1 N–H and O–H groups in total. The summed E-state index contributed by atoms with van der Waals surface area (Å²) in [5, 5.41) is 3.97. The number of nitrogens with one attached hydrogen (secondary N) is 1. The lowest BCUT2D eigenvalue weighted by Crippen LogP contribution is -2.20. The minimum atomic E-state index is 0.315. The van der Waals surface area contributed by atoms with Crippen molar-refractivity contribution < 1.29 is 4.42 Å². The van der Waals surface area contributed by atoms with E-state index >= 15 is 0 Å². The molecule has 0 aliphatic rings. The minimum Gasteiger partial charge on any atom is -0.453 e. The van der Waals surface area contributed by atoms with E-state index in [0.717, 1.165) is 24.9 Å². The van der Waals surface area contributed by atoms with Gasteiger partial charge in [0.2, 0.25) is 0 Å². The molecule has 3 heteroatoms. The van der Waals surface area contributed by atoms with Crippen molar-refractivity contribution in [1.29, 1.82) is 0 Å². The van der Waals surface area contributed by atoms with E-state index < -0.39 is 0 Å². The second-order valence-corrected chi connectivity index (χ2v) is 4.53. The summed E-state index contributed by atoms with van der Waals surface area (Å²) in [6, 6.07) is 2.27. The predicted octanol–water partition coefficient (Wildman–Crippen LogP) is 4.72. The van der Waals surface area contributed by atoms with E-state index in [1.54, 1.807) is 6.26 Å². The highest BCUT2D eigenvalue weighted by Gasteiger charge is 2.15. The molecule has 2 nitrogen and oxygen atoms in total. The molecule has 0 amide bonds. The van der Waals surface area contributed by atoms with Crippen LogP contribution < -0.4 is 5.32 Å². The molecule has 96 valence electrons. The fourth-order valence-electron chi connectivity index (χ4n) is 1.98. The van der Waals surface area contributed by atoms with Crippen molar-refractivity contribution in [2.75, 3.05) is 6.54 Å². The first kappa shape index (κ1) is 14.3. The Morgan fingerprint density at radius 3 is 2.88 bits per heavy atom. The van der Waals surface area contributed by atoms with E-state index in [1.807, 2.05) is 12.1 Å². The third-order valence-electron chi connectivity index (χ3n) is 2.87. The molecule has 0 radical (unpaired) electrons. The van der Waals surface area contributed by atoms with E-state index in [0.29, 0.717) is 11.3 Å². The van der Waals surface area contributed by atoms with Gasteiger partial charge < -0.3 is 9.73 Å². The zero-order chi connectivity index (χ0) is 12.5. The van der Waals surface area contributed by atoms with E-state index in [1.165, 1.54) is 19.3 Å². The fraction of sp³-hybridized carbons (Fsp3) is 0.571. The van der Waals surface area contributed by atoms with Crippen molar-refractivity contribution in [3.05, 3.63) is 35.8 Å². The summed E-state index contributed by atoms with van der Waals surface area (Å²) in [5.41, 5.74) is 1.08. The lowest BCUT2D eigenvalue weighted by Gasteiger charge is -2.16. The maximum Gasteiger partial charge on any atom is 0.197 e. The average Bonchev–Trinajstić information content (AvgIpc) is 2.74. The van der Waals surface area contributed by atoms with Crippen molar-refractivity contribution in [3.63, 3.8) is 0 Å². The highest BCUT2D eigenvalue weighted by atomic mass is 35.5. The molecular weight excluding hydrogens is 234 g/mol. The number of halogens is 1. The van der Waals surface area contributed by atoms with Crippen LogP contribution in [0.2, 0.25) is 5.22 Å². The summed E-state index contributed by atoms with van der Waals surface area (Å²) in [7, 11) is 0. The molecule has 0 aliphatic carbocycles. The molecule has 0 saturated carbocycles. The summed E-state index contributed by atoms with van der Waals surface area (Å²) < 4.78 is 5.15. The van der Waals surface area contributed by atoms with Gasteiger partial charge in [-0.1, -0.05) is 25.8 Å². The van der Waals surface area contributed by atoms with Crippen LogP contribution in [0.1, 0.15) is 50.6 Å². The second kappa shape index (κ2) is 8.37. The highest BCUT2D eigenvalue weighted by molar-refractivity contribution is 6.29. The van der Waals surface area contributed by atoms with Gasteiger partial charge in [0.05, 0.1) is 6.26 Å². The zero-order valence-electron chi connectivity index (χ0n) is 10.5. The van der Waals surface area contributed by atoms with Crippen LogP contribution in [0, 0.1) is 0 Å². The number of allylic oxidation sites excluding steroid dienone is 1. The van der Waals surface area contributed by atoms with Gasteiger partial charge in [0, 0.05) is 11.6 Å². The number of furan rings is 1. The third-order valence-corrected chi connectivity index (χ3v) is 3.18. The SMILES string of the molecule is C=CCCCCCC(NCC)c1ccoc1Cl. The second-order valence-electron chi connectivity index (χ2n) is 4.19. The Morgan fingerprint density at radius 1 is 1.47 bits per heavy atom. The van der Waals surface area contributed by atoms with E-state index in [2.05, 4.69) is 18.8 Å². The van der Waals surface area contributed by atoms with Crippen LogP contribution in [0.15, 0.2) is 29.4 Å². The molecule has 0 saturated heterocycles. The molecule has 0 spiro atoms. The molecule has 0 fully saturated rings. The van der Waals surface area contributed by atoms with Gasteiger partial charge in [-0.15, -0.1) is 6.58 Å². The number of unbranched alkanes of at least 4 members (excludes halogenated alkanes) is 3. The minimum absolute atomic E-state index is 0.315. The normalized spacial score (nSPS) is 12.6. The van der Waals surface area contributed by atoms with Crippen molar-refractivity contribution in [2.24, 2.45) is 0 Å². The Balaban J connectivity index is 2.39. The van der Waals surface area contributed by atoms with Gasteiger partial charge in [-0.2, -0.15) is 0 Å². The van der Waals surface area contributed by atoms with Crippen LogP contribution >= 0.6 is 11.6 Å². The molecule has 17 heavy (non-hydrogen) atoms. The largest absolute Gasteiger partial charge is 0.453 e. The fourth-order valence-corrected chi connectivity index (χ4v) is 2.23. The summed E-state index contributed by atoms with van der Waals surface area (Å²) >= 11 is 6.01. The van der Waals surface area contributed by atoms with Gasteiger partial charge in [0.15, 0.2) is 5.22 Å². The summed E-state index contributed by atoms with van der Waals surface area (Å²) in [4.78, 5) is 0. The topological polar surface area (TPSA) is 25.2 Å². The predicted molar refractivity (Wildman–Crippen MR) is 73.4 cm³/mol. The lowest BCUT2D eigenvalue weighted by molar-refractivity contribution is 0.476. The maximum absolute atomic E-state index is 6.01. The molecule has 0 aromatic carbocycles. The monoisotopic (exact) mass is 255 g/mol. The average molecular weight is 256 g/mol. The summed E-state index contributed by atoms with van der Waals surface area (Å²) in [6.07, 6.45) is 9.51. The number of hydrogen-bond acceptors (Lipinski definition) is 2. The van der Waals surface area contributed by atoms with Gasteiger partial charge in [-0.05, 0) is 43.5 Å². The van der Waals surface area contributed by atoms with Gasteiger partial charge in [0.1, 0.15) is 0 Å². The Labute approximate surface area is 109 Å². The molecule has 1 aromatic heterocycles. The molecule has 1 heterocycles. The van der Waals surface area contributed by atoms with Crippen molar-refractivity contribution >= 4 is 11.6 Å². The van der Waals surface area contributed by atoms with Gasteiger partial charge in [-0.3, -0.25) is 0 Å². The van der Waals surface area contributed by atoms with Crippen LogP contribution in [-0.4, -0.2) is 6.54 Å². The van der Waals surface area contributed by atoms with Crippen molar-refractivity contribution in [2.45, 2.75) is 45.1 Å². The third kappa shape index (κ3) is 4.97. The first-order valence-electron chi connectivity index (χ1n) is 6.36.